The number of aromatic nitrogens is 4. The van der Waals surface area contributed by atoms with Crippen LogP contribution in [0, 0.1) is 18.6 Å². The van der Waals surface area contributed by atoms with Crippen molar-refractivity contribution in [2.45, 2.75) is 97.9 Å². The molecule has 3 amide bonds. The highest BCUT2D eigenvalue weighted by Crippen LogP contribution is 2.47. The summed E-state index contributed by atoms with van der Waals surface area (Å²) in [5, 5.41) is 2.88. The molecule has 4 aromatic heterocycles. The lowest BCUT2D eigenvalue weighted by Gasteiger charge is -2.55. The van der Waals surface area contributed by atoms with E-state index in [0.29, 0.717) is 16.9 Å². The topological polar surface area (TPSA) is 152 Å². The molecule has 0 spiro atoms. The minimum absolute atomic E-state index is 0.0195. The zero-order valence-electron chi connectivity index (χ0n) is 34.3. The summed E-state index contributed by atoms with van der Waals surface area (Å²) in [4.78, 5) is 74.7. The maximum absolute atomic E-state index is 15.6. The number of fused-ring (bicyclic) bond motifs is 6. The number of thiazole rings is 1. The van der Waals surface area contributed by atoms with Crippen LogP contribution in [-0.2, 0) is 19.8 Å². The first kappa shape index (κ1) is 40.5. The number of nitrogens with one attached hydrogen (secondary N) is 1. The lowest BCUT2D eigenvalue weighted by Crippen LogP contribution is -2.70. The molecule has 1 saturated heterocycles. The van der Waals surface area contributed by atoms with Crippen molar-refractivity contribution in [3.05, 3.63) is 75.5 Å². The quantitative estimate of drug-likeness (QED) is 0.191. The van der Waals surface area contributed by atoms with Gasteiger partial charge < -0.3 is 19.3 Å². The van der Waals surface area contributed by atoms with E-state index >= 15 is 13.6 Å². The molecule has 2 unspecified atom stereocenters. The number of piperazine rings is 1. The Kier molecular flexibility index (Phi) is 9.77. The lowest BCUT2D eigenvalue weighted by atomic mass is 9.84. The van der Waals surface area contributed by atoms with Gasteiger partial charge in [-0.15, -0.1) is 0 Å². The molecular formula is C41H46F2N8O6S. The second kappa shape index (κ2) is 14.0. The Bertz CT molecular complexity index is 2600. The van der Waals surface area contributed by atoms with Gasteiger partial charge in [-0.25, -0.2) is 28.3 Å². The van der Waals surface area contributed by atoms with Gasteiger partial charge in [0.2, 0.25) is 0 Å². The van der Waals surface area contributed by atoms with E-state index in [0.717, 1.165) is 23.1 Å². The first-order chi connectivity index (χ1) is 27.0. The lowest BCUT2D eigenvalue weighted by molar-refractivity contribution is -0.121. The molecule has 17 heteroatoms. The van der Waals surface area contributed by atoms with Crippen molar-refractivity contribution < 1.29 is 32.6 Å². The standard InChI is InChI=1S/C41H46F2N8O6S/c1-20(2)27-29(21(3)14-15-44-27)51-33-23(16-22(42)17-45-33)30-31(35(51)53)48(11)34(52)26-18-50(38(55)57-40(7,8)9)41(10,19-49(26)30)24-12-13-25(43)32-28(24)46-36(58-32)47-37(54)56-39(4,5)6/h12-17,20,26H,18-19H2,1-11H3,(H,46,47,54). The highest BCUT2D eigenvalue weighted by atomic mass is 32.1. The molecule has 0 saturated carbocycles. The Hall–Kier alpha value is -5.71. The highest BCUT2D eigenvalue weighted by Gasteiger charge is 2.54. The van der Waals surface area contributed by atoms with Crippen molar-refractivity contribution in [1.82, 2.24) is 24.4 Å². The van der Waals surface area contributed by atoms with E-state index in [1.165, 1.54) is 39.6 Å². The number of aryl methyl sites for hydroxylation is 1. The van der Waals surface area contributed by atoms with E-state index in [2.05, 4.69) is 20.3 Å². The van der Waals surface area contributed by atoms with Crippen molar-refractivity contribution in [1.29, 1.82) is 0 Å². The van der Waals surface area contributed by atoms with Crippen LogP contribution in [0.4, 0.5) is 34.9 Å². The normalized spacial score (nSPS) is 18.5. The van der Waals surface area contributed by atoms with Crippen LogP contribution >= 0.6 is 11.3 Å². The third-order valence-corrected chi connectivity index (χ3v) is 11.2. The third-order valence-electron chi connectivity index (χ3n) is 10.2. The monoisotopic (exact) mass is 816 g/mol. The Balaban J connectivity index is 1.48. The van der Waals surface area contributed by atoms with Crippen LogP contribution in [0.2, 0.25) is 0 Å². The van der Waals surface area contributed by atoms with E-state index < -0.39 is 58.1 Å². The molecule has 14 nitrogen and oxygen atoms in total. The van der Waals surface area contributed by atoms with Crippen LogP contribution in [0.1, 0.15) is 85.1 Å². The van der Waals surface area contributed by atoms with E-state index in [-0.39, 0.29) is 56.8 Å². The summed E-state index contributed by atoms with van der Waals surface area (Å²) >= 11 is 0.890. The average molecular weight is 817 g/mol. The first-order valence-electron chi connectivity index (χ1n) is 18.8. The van der Waals surface area contributed by atoms with Crippen LogP contribution in [0.15, 0.2) is 41.5 Å². The van der Waals surface area contributed by atoms with Crippen LogP contribution in [0.3, 0.4) is 0 Å². The smallest absolute Gasteiger partial charge is 0.413 e. The zero-order chi connectivity index (χ0) is 42.4. The van der Waals surface area contributed by atoms with E-state index in [1.807, 2.05) is 20.8 Å². The molecule has 1 fully saturated rings. The highest BCUT2D eigenvalue weighted by molar-refractivity contribution is 7.22. The summed E-state index contributed by atoms with van der Waals surface area (Å²) in [5.74, 6) is -1.90. The predicted octanol–water partition coefficient (Wildman–Crippen LogP) is 7.76. The van der Waals surface area contributed by atoms with Gasteiger partial charge in [0.1, 0.15) is 40.2 Å². The third kappa shape index (κ3) is 6.88. The number of likely N-dealkylation sites (N-methyl/N-ethyl adjacent to an activating group) is 1. The summed E-state index contributed by atoms with van der Waals surface area (Å²) in [7, 11) is 1.48. The van der Waals surface area contributed by atoms with Crippen molar-refractivity contribution in [3.8, 4) is 5.69 Å². The van der Waals surface area contributed by atoms with Gasteiger partial charge in [-0.2, -0.15) is 0 Å². The SMILES string of the molecule is Cc1ccnc(C(C)C)c1-n1c(=O)c2c(c3cc(F)cnc31)N1CC(C)(c3ccc(F)c4sc(NC(=O)OC(C)(C)C)nc34)N(C(=O)OC(C)(C)C)CC1C(=O)N2C. The molecule has 5 aromatic rings. The maximum atomic E-state index is 15.6. The number of hydrogen-bond acceptors (Lipinski definition) is 11. The van der Waals surface area contributed by atoms with Gasteiger partial charge in [-0.1, -0.05) is 31.3 Å². The predicted molar refractivity (Wildman–Crippen MR) is 218 cm³/mol. The number of ether oxygens (including phenoxy) is 2. The number of hydrogen-bond donors (Lipinski definition) is 1. The number of nitrogens with zero attached hydrogens (tertiary/aromatic N) is 7. The largest absolute Gasteiger partial charge is 0.444 e. The van der Waals surface area contributed by atoms with Gasteiger partial charge in [0, 0.05) is 30.7 Å². The maximum Gasteiger partial charge on any atom is 0.413 e. The Morgan fingerprint density at radius 1 is 1.00 bits per heavy atom. The van der Waals surface area contributed by atoms with Gasteiger partial charge >= 0.3 is 12.2 Å². The van der Waals surface area contributed by atoms with Gasteiger partial charge in [0.25, 0.3) is 11.5 Å². The van der Waals surface area contributed by atoms with Crippen LogP contribution in [0.5, 0.6) is 0 Å². The molecular weight excluding hydrogens is 771 g/mol. The molecule has 0 radical (unpaired) electrons. The molecule has 6 heterocycles. The van der Waals surface area contributed by atoms with Crippen LogP contribution < -0.4 is 20.7 Å². The van der Waals surface area contributed by atoms with E-state index in [4.69, 9.17) is 9.47 Å². The molecule has 306 valence electrons. The average Bonchev–Trinajstić information content (AvgIpc) is 3.52. The summed E-state index contributed by atoms with van der Waals surface area (Å²) in [6.07, 6.45) is 1.15. The molecule has 1 aromatic carbocycles. The fraction of sp³-hybridized carbons (Fsp3) is 0.439. The van der Waals surface area contributed by atoms with E-state index in [9.17, 15) is 14.4 Å². The fourth-order valence-electron chi connectivity index (χ4n) is 7.76. The summed E-state index contributed by atoms with van der Waals surface area (Å²) in [5.41, 5.74) is -1.10. The van der Waals surface area contributed by atoms with Gasteiger partial charge in [-0.05, 0) is 85.1 Å². The van der Waals surface area contributed by atoms with Crippen molar-refractivity contribution in [2.75, 3.05) is 35.3 Å². The summed E-state index contributed by atoms with van der Waals surface area (Å²) in [6, 6.07) is 4.73. The molecule has 7 rings (SSSR count). The summed E-state index contributed by atoms with van der Waals surface area (Å²) in [6.45, 7) is 17.3. The first-order valence-corrected chi connectivity index (χ1v) is 19.7. The van der Waals surface area contributed by atoms with Crippen LogP contribution in [0.25, 0.3) is 26.9 Å². The minimum Gasteiger partial charge on any atom is -0.444 e. The number of pyridine rings is 3. The number of carbonyl (C=O) groups is 3. The Labute approximate surface area is 337 Å². The Morgan fingerprint density at radius 2 is 1.69 bits per heavy atom. The number of benzene rings is 1. The summed E-state index contributed by atoms with van der Waals surface area (Å²) < 4.78 is 43.9. The molecule has 2 aliphatic heterocycles. The number of carbonyl (C=O) groups excluding carboxylic acids is 3. The zero-order valence-corrected chi connectivity index (χ0v) is 35.1. The number of amides is 3. The van der Waals surface area contributed by atoms with Crippen molar-refractivity contribution in [3.63, 3.8) is 0 Å². The van der Waals surface area contributed by atoms with Crippen molar-refractivity contribution >= 4 is 67.2 Å². The molecule has 1 N–H and O–H groups in total. The fourth-order valence-corrected chi connectivity index (χ4v) is 8.64. The molecule has 58 heavy (non-hydrogen) atoms. The van der Waals surface area contributed by atoms with E-state index in [1.54, 1.807) is 65.6 Å². The number of halogens is 2. The Morgan fingerprint density at radius 3 is 2.34 bits per heavy atom. The number of rotatable bonds is 4. The minimum atomic E-state index is -1.44. The van der Waals surface area contributed by atoms with Gasteiger partial charge in [-0.3, -0.25) is 29.4 Å². The molecule has 2 aliphatic rings. The van der Waals surface area contributed by atoms with Gasteiger partial charge in [0.15, 0.2) is 5.13 Å². The molecule has 2 atom stereocenters. The molecule has 0 aliphatic carbocycles. The van der Waals surface area contributed by atoms with Crippen LogP contribution in [-0.4, -0.2) is 79.9 Å². The number of anilines is 3. The second-order valence-corrected chi connectivity index (χ2v) is 18.2. The van der Waals surface area contributed by atoms with Crippen molar-refractivity contribution in [2.24, 2.45) is 0 Å². The molecule has 0 bridgehead atoms. The second-order valence-electron chi connectivity index (χ2n) is 17.2. The van der Waals surface area contributed by atoms with Gasteiger partial charge in [0.05, 0.1) is 45.6 Å².